The van der Waals surface area contributed by atoms with Crippen LogP contribution in [0.3, 0.4) is 0 Å². The Bertz CT molecular complexity index is 420. The second-order valence-corrected chi connectivity index (χ2v) is 4.59. The molecule has 0 radical (unpaired) electrons. The summed E-state index contributed by atoms with van der Waals surface area (Å²) in [7, 11) is 1.37. The van der Waals surface area contributed by atoms with Gasteiger partial charge in [0.05, 0.1) is 13.7 Å². The highest BCUT2D eigenvalue weighted by Gasteiger charge is 2.21. The lowest BCUT2D eigenvalue weighted by Gasteiger charge is -2.20. The Morgan fingerprint density at radius 2 is 1.80 bits per heavy atom. The molecule has 0 heterocycles. The molecule has 1 rings (SSSR count). The first-order valence-electron chi connectivity index (χ1n) is 6.77. The highest BCUT2D eigenvalue weighted by molar-refractivity contribution is 5.75. The summed E-state index contributed by atoms with van der Waals surface area (Å²) < 4.78 is 15.9. The lowest BCUT2D eigenvalue weighted by atomic mass is 10.2. The van der Waals surface area contributed by atoms with Crippen LogP contribution >= 0.6 is 0 Å². The number of ether oxygens (including phenoxy) is 3. The third-order valence-electron chi connectivity index (χ3n) is 2.57. The molecule has 1 aromatic carbocycles. The highest BCUT2D eigenvalue weighted by Crippen LogP contribution is 2.26. The zero-order chi connectivity index (χ0) is 15.0. The minimum absolute atomic E-state index is 0.157. The minimum Gasteiger partial charge on any atom is -0.490 e. The summed E-state index contributed by atoms with van der Waals surface area (Å²) in [5, 5.41) is 3.11. The van der Waals surface area contributed by atoms with Crippen LogP contribution in [0.2, 0.25) is 0 Å². The van der Waals surface area contributed by atoms with Crippen LogP contribution < -0.4 is 14.8 Å². The Balaban J connectivity index is 2.69. The first-order valence-corrected chi connectivity index (χ1v) is 6.77. The molecule has 1 unspecified atom stereocenters. The summed E-state index contributed by atoms with van der Waals surface area (Å²) in [6.45, 7) is 6.59. The summed E-state index contributed by atoms with van der Waals surface area (Å²) in [6, 6.07) is 7.04. The number of methoxy groups -OCH3 is 1. The van der Waals surface area contributed by atoms with Crippen LogP contribution in [0.15, 0.2) is 24.3 Å². The van der Waals surface area contributed by atoms with Crippen molar-refractivity contribution < 1.29 is 19.0 Å². The molecule has 0 spiro atoms. The Labute approximate surface area is 120 Å². The van der Waals surface area contributed by atoms with Crippen molar-refractivity contribution in [1.82, 2.24) is 5.32 Å². The van der Waals surface area contributed by atoms with Gasteiger partial charge in [0.2, 0.25) is 0 Å². The van der Waals surface area contributed by atoms with Crippen LogP contribution in [0, 0.1) is 0 Å². The normalized spacial score (nSPS) is 12.1. The zero-order valence-corrected chi connectivity index (χ0v) is 12.5. The van der Waals surface area contributed by atoms with Crippen molar-refractivity contribution in [1.29, 1.82) is 0 Å². The third kappa shape index (κ3) is 5.09. The number of esters is 1. The summed E-state index contributed by atoms with van der Waals surface area (Å²) in [5.74, 6) is 0.949. The van der Waals surface area contributed by atoms with E-state index in [0.29, 0.717) is 18.1 Å². The SMILES string of the molecule is CCOc1ccccc1OCC(NC(C)C)C(=O)OC. The Kier molecular flexibility index (Phi) is 6.87. The smallest absolute Gasteiger partial charge is 0.326 e. The van der Waals surface area contributed by atoms with Crippen LogP contribution in [0.4, 0.5) is 0 Å². The largest absolute Gasteiger partial charge is 0.490 e. The number of rotatable bonds is 8. The second kappa shape index (κ2) is 8.43. The number of hydrogen-bond acceptors (Lipinski definition) is 5. The fourth-order valence-corrected chi connectivity index (χ4v) is 1.75. The van der Waals surface area contributed by atoms with Gasteiger partial charge in [0, 0.05) is 6.04 Å². The first-order chi connectivity index (χ1) is 9.58. The number of hydrogen-bond donors (Lipinski definition) is 1. The molecule has 112 valence electrons. The van der Waals surface area contributed by atoms with Crippen molar-refractivity contribution in [2.45, 2.75) is 32.9 Å². The molecule has 1 N–H and O–H groups in total. The van der Waals surface area contributed by atoms with Crippen molar-refractivity contribution in [2.75, 3.05) is 20.3 Å². The molecule has 1 aromatic rings. The van der Waals surface area contributed by atoms with E-state index >= 15 is 0 Å². The minimum atomic E-state index is -0.505. The van der Waals surface area contributed by atoms with Gasteiger partial charge in [-0.2, -0.15) is 0 Å². The fraction of sp³-hybridized carbons (Fsp3) is 0.533. The van der Waals surface area contributed by atoms with Gasteiger partial charge in [0.15, 0.2) is 11.5 Å². The third-order valence-corrected chi connectivity index (χ3v) is 2.57. The molecule has 0 amide bonds. The number of nitrogens with one attached hydrogen (secondary N) is 1. The Morgan fingerprint density at radius 3 is 2.30 bits per heavy atom. The summed E-state index contributed by atoms with van der Waals surface area (Å²) in [6.07, 6.45) is 0. The van der Waals surface area contributed by atoms with Crippen LogP contribution in [-0.4, -0.2) is 38.4 Å². The molecular weight excluding hydrogens is 258 g/mol. The van der Waals surface area contributed by atoms with Gasteiger partial charge in [-0.05, 0) is 19.1 Å². The van der Waals surface area contributed by atoms with Crippen LogP contribution in [0.5, 0.6) is 11.5 Å². The van der Waals surface area contributed by atoms with Crippen LogP contribution in [0.1, 0.15) is 20.8 Å². The monoisotopic (exact) mass is 281 g/mol. The number of carbonyl (C=O) groups excluding carboxylic acids is 1. The van der Waals surface area contributed by atoms with E-state index < -0.39 is 6.04 Å². The van der Waals surface area contributed by atoms with Crippen molar-refractivity contribution in [3.05, 3.63) is 24.3 Å². The predicted molar refractivity (Wildman–Crippen MR) is 77.2 cm³/mol. The summed E-state index contributed by atoms with van der Waals surface area (Å²) >= 11 is 0. The molecule has 0 fully saturated rings. The molecule has 5 nitrogen and oxygen atoms in total. The standard InChI is InChI=1S/C15H23NO4/c1-5-19-13-8-6-7-9-14(13)20-10-12(15(17)18-4)16-11(2)3/h6-9,11-12,16H,5,10H2,1-4H3. The molecule has 0 aliphatic carbocycles. The van der Waals surface area contributed by atoms with Gasteiger partial charge in [-0.1, -0.05) is 26.0 Å². The second-order valence-electron chi connectivity index (χ2n) is 4.59. The topological polar surface area (TPSA) is 56.8 Å². The number of para-hydroxylation sites is 2. The van der Waals surface area contributed by atoms with Crippen molar-refractivity contribution in [3.63, 3.8) is 0 Å². The van der Waals surface area contributed by atoms with Crippen LogP contribution in [0.25, 0.3) is 0 Å². The maximum atomic E-state index is 11.7. The molecule has 5 heteroatoms. The molecule has 0 saturated heterocycles. The van der Waals surface area contributed by atoms with Gasteiger partial charge >= 0.3 is 5.97 Å². The summed E-state index contributed by atoms with van der Waals surface area (Å²) in [4.78, 5) is 11.7. The average Bonchev–Trinajstić information content (AvgIpc) is 2.44. The van der Waals surface area contributed by atoms with Gasteiger partial charge < -0.3 is 14.2 Å². The van der Waals surface area contributed by atoms with E-state index in [4.69, 9.17) is 14.2 Å². The van der Waals surface area contributed by atoms with Gasteiger partial charge in [-0.3, -0.25) is 10.1 Å². The maximum absolute atomic E-state index is 11.7. The predicted octanol–water partition coefficient (Wildman–Crippen LogP) is 2.00. The van der Waals surface area contributed by atoms with Gasteiger partial charge in [-0.15, -0.1) is 0 Å². The molecule has 20 heavy (non-hydrogen) atoms. The Morgan fingerprint density at radius 1 is 1.20 bits per heavy atom. The van der Waals surface area contributed by atoms with E-state index in [0.717, 1.165) is 0 Å². The zero-order valence-electron chi connectivity index (χ0n) is 12.5. The molecule has 0 saturated carbocycles. The summed E-state index contributed by atoms with van der Waals surface area (Å²) in [5.41, 5.74) is 0. The van der Waals surface area contributed by atoms with E-state index in [1.165, 1.54) is 7.11 Å². The molecule has 0 aromatic heterocycles. The molecule has 0 aliphatic heterocycles. The van der Waals surface area contributed by atoms with E-state index in [1.807, 2.05) is 45.0 Å². The van der Waals surface area contributed by atoms with Crippen molar-refractivity contribution in [2.24, 2.45) is 0 Å². The molecule has 1 atom stereocenters. The maximum Gasteiger partial charge on any atom is 0.326 e. The molecular formula is C15H23NO4. The Hall–Kier alpha value is -1.75. The average molecular weight is 281 g/mol. The van der Waals surface area contributed by atoms with E-state index in [2.05, 4.69) is 5.32 Å². The number of carbonyl (C=O) groups is 1. The number of benzene rings is 1. The molecule has 0 aliphatic rings. The lowest BCUT2D eigenvalue weighted by Crippen LogP contribution is -2.45. The fourth-order valence-electron chi connectivity index (χ4n) is 1.75. The van der Waals surface area contributed by atoms with E-state index in [1.54, 1.807) is 0 Å². The lowest BCUT2D eigenvalue weighted by molar-refractivity contribution is -0.144. The van der Waals surface area contributed by atoms with Gasteiger partial charge in [0.1, 0.15) is 12.6 Å². The van der Waals surface area contributed by atoms with Gasteiger partial charge in [-0.25, -0.2) is 0 Å². The van der Waals surface area contributed by atoms with E-state index in [-0.39, 0.29) is 18.6 Å². The quantitative estimate of drug-likeness (QED) is 0.739. The van der Waals surface area contributed by atoms with Crippen LogP contribution in [-0.2, 0) is 9.53 Å². The van der Waals surface area contributed by atoms with E-state index in [9.17, 15) is 4.79 Å². The highest BCUT2D eigenvalue weighted by atomic mass is 16.5. The first kappa shape index (κ1) is 16.3. The molecule has 0 bridgehead atoms. The van der Waals surface area contributed by atoms with Gasteiger partial charge in [0.25, 0.3) is 0 Å². The van der Waals surface area contributed by atoms with Crippen molar-refractivity contribution in [3.8, 4) is 11.5 Å². The van der Waals surface area contributed by atoms with Crippen molar-refractivity contribution >= 4 is 5.97 Å².